The standard InChI is InChI=1S/C15H22N2O2/c16-9-12-5-2-1-4-11(12)8-15(19)17-14-7-3-6-13(14)10-18/h1-2,4-5,13-14,18H,3,6-10,16H2,(H,17,19). The van der Waals surface area contributed by atoms with E-state index in [2.05, 4.69) is 5.32 Å². The number of aliphatic hydroxyl groups is 1. The van der Waals surface area contributed by atoms with Gasteiger partial charge in [0.15, 0.2) is 0 Å². The molecule has 0 saturated heterocycles. The predicted molar refractivity (Wildman–Crippen MR) is 74.4 cm³/mol. The van der Waals surface area contributed by atoms with Gasteiger partial charge in [-0.25, -0.2) is 0 Å². The van der Waals surface area contributed by atoms with E-state index in [9.17, 15) is 9.90 Å². The minimum atomic E-state index is 0.0197. The third-order valence-corrected chi connectivity index (χ3v) is 3.93. The molecule has 4 nitrogen and oxygen atoms in total. The molecule has 1 aliphatic carbocycles. The fraction of sp³-hybridized carbons (Fsp3) is 0.533. The lowest BCUT2D eigenvalue weighted by molar-refractivity contribution is -0.121. The molecule has 0 heterocycles. The Kier molecular flexibility index (Phi) is 4.93. The summed E-state index contributed by atoms with van der Waals surface area (Å²) in [4.78, 5) is 12.1. The van der Waals surface area contributed by atoms with Crippen molar-refractivity contribution in [3.05, 3.63) is 35.4 Å². The molecule has 2 atom stereocenters. The molecule has 0 aliphatic heterocycles. The third kappa shape index (κ3) is 3.55. The van der Waals surface area contributed by atoms with Crippen molar-refractivity contribution < 1.29 is 9.90 Å². The van der Waals surface area contributed by atoms with E-state index in [0.717, 1.165) is 30.4 Å². The number of rotatable bonds is 5. The average molecular weight is 262 g/mol. The van der Waals surface area contributed by atoms with Crippen LogP contribution < -0.4 is 11.1 Å². The highest BCUT2D eigenvalue weighted by molar-refractivity contribution is 5.79. The van der Waals surface area contributed by atoms with Crippen LogP contribution >= 0.6 is 0 Å². The summed E-state index contributed by atoms with van der Waals surface area (Å²) in [5.41, 5.74) is 7.67. The molecule has 1 fully saturated rings. The summed E-state index contributed by atoms with van der Waals surface area (Å²) in [5, 5.41) is 12.3. The zero-order valence-electron chi connectivity index (χ0n) is 11.1. The van der Waals surface area contributed by atoms with Crippen LogP contribution in [0.1, 0.15) is 30.4 Å². The first-order valence-electron chi connectivity index (χ1n) is 6.91. The summed E-state index contributed by atoms with van der Waals surface area (Å²) in [5.74, 6) is 0.236. The highest BCUT2D eigenvalue weighted by Gasteiger charge is 2.27. The monoisotopic (exact) mass is 262 g/mol. The first kappa shape index (κ1) is 14.0. The van der Waals surface area contributed by atoms with Crippen molar-refractivity contribution in [2.75, 3.05) is 6.61 Å². The Balaban J connectivity index is 1.94. The third-order valence-electron chi connectivity index (χ3n) is 3.93. The van der Waals surface area contributed by atoms with Crippen LogP contribution in [0.4, 0.5) is 0 Å². The fourth-order valence-corrected chi connectivity index (χ4v) is 2.81. The molecule has 104 valence electrons. The van der Waals surface area contributed by atoms with Crippen molar-refractivity contribution in [3.63, 3.8) is 0 Å². The molecule has 1 amide bonds. The Morgan fingerprint density at radius 2 is 2.05 bits per heavy atom. The average Bonchev–Trinajstić information content (AvgIpc) is 2.86. The highest BCUT2D eigenvalue weighted by Crippen LogP contribution is 2.25. The van der Waals surface area contributed by atoms with Gasteiger partial charge in [-0.15, -0.1) is 0 Å². The normalized spacial score (nSPS) is 22.4. The Morgan fingerprint density at radius 3 is 2.74 bits per heavy atom. The smallest absolute Gasteiger partial charge is 0.224 e. The van der Waals surface area contributed by atoms with Gasteiger partial charge < -0.3 is 16.2 Å². The van der Waals surface area contributed by atoms with Gasteiger partial charge >= 0.3 is 0 Å². The van der Waals surface area contributed by atoms with Crippen molar-refractivity contribution in [1.29, 1.82) is 0 Å². The Morgan fingerprint density at radius 1 is 1.32 bits per heavy atom. The first-order chi connectivity index (χ1) is 9.24. The number of nitrogens with one attached hydrogen (secondary N) is 1. The van der Waals surface area contributed by atoms with Crippen molar-refractivity contribution in [3.8, 4) is 0 Å². The molecule has 19 heavy (non-hydrogen) atoms. The molecule has 1 aliphatic rings. The van der Waals surface area contributed by atoms with E-state index in [1.54, 1.807) is 0 Å². The van der Waals surface area contributed by atoms with Crippen LogP contribution in [0.25, 0.3) is 0 Å². The minimum Gasteiger partial charge on any atom is -0.396 e. The molecule has 1 aromatic rings. The molecular formula is C15H22N2O2. The molecule has 0 spiro atoms. The van der Waals surface area contributed by atoms with E-state index in [1.165, 1.54) is 0 Å². The van der Waals surface area contributed by atoms with E-state index in [4.69, 9.17) is 5.73 Å². The lowest BCUT2D eigenvalue weighted by atomic mass is 10.0. The molecule has 4 N–H and O–H groups in total. The lowest BCUT2D eigenvalue weighted by Gasteiger charge is -2.19. The number of nitrogens with two attached hydrogens (primary N) is 1. The molecule has 1 aromatic carbocycles. The van der Waals surface area contributed by atoms with Crippen molar-refractivity contribution in [2.45, 2.75) is 38.3 Å². The number of carbonyl (C=O) groups is 1. The summed E-state index contributed by atoms with van der Waals surface area (Å²) in [6.45, 7) is 0.608. The summed E-state index contributed by atoms with van der Waals surface area (Å²) in [6, 6.07) is 7.88. The number of aliphatic hydroxyl groups excluding tert-OH is 1. The Labute approximate surface area is 114 Å². The van der Waals surface area contributed by atoms with Gasteiger partial charge in [0.2, 0.25) is 5.91 Å². The molecular weight excluding hydrogens is 240 g/mol. The van der Waals surface area contributed by atoms with E-state index < -0.39 is 0 Å². The molecule has 2 rings (SSSR count). The first-order valence-corrected chi connectivity index (χ1v) is 6.91. The molecule has 0 bridgehead atoms. The Hall–Kier alpha value is -1.39. The van der Waals surface area contributed by atoms with Gasteiger partial charge in [-0.05, 0) is 24.0 Å². The van der Waals surface area contributed by atoms with E-state index in [1.807, 2.05) is 24.3 Å². The maximum Gasteiger partial charge on any atom is 0.224 e. The molecule has 0 radical (unpaired) electrons. The summed E-state index contributed by atoms with van der Waals surface area (Å²) in [6.07, 6.45) is 3.41. The van der Waals surface area contributed by atoms with Gasteiger partial charge in [-0.3, -0.25) is 4.79 Å². The predicted octanol–water partition coefficient (Wildman–Crippen LogP) is 0.965. The van der Waals surface area contributed by atoms with Gasteiger partial charge in [0.25, 0.3) is 0 Å². The maximum absolute atomic E-state index is 12.1. The van der Waals surface area contributed by atoms with Crippen LogP contribution in [0, 0.1) is 5.92 Å². The Bertz CT molecular complexity index is 434. The van der Waals surface area contributed by atoms with E-state index in [-0.39, 0.29) is 24.5 Å². The van der Waals surface area contributed by atoms with Gasteiger partial charge in [-0.2, -0.15) is 0 Å². The molecule has 4 heteroatoms. The van der Waals surface area contributed by atoms with Crippen LogP contribution in [0.5, 0.6) is 0 Å². The molecule has 1 saturated carbocycles. The maximum atomic E-state index is 12.1. The largest absolute Gasteiger partial charge is 0.396 e. The second-order valence-corrected chi connectivity index (χ2v) is 5.20. The zero-order valence-corrected chi connectivity index (χ0v) is 11.1. The highest BCUT2D eigenvalue weighted by atomic mass is 16.3. The second-order valence-electron chi connectivity index (χ2n) is 5.20. The van der Waals surface area contributed by atoms with Gasteiger partial charge in [0.1, 0.15) is 0 Å². The molecule has 2 unspecified atom stereocenters. The van der Waals surface area contributed by atoms with Crippen LogP contribution in [0.2, 0.25) is 0 Å². The lowest BCUT2D eigenvalue weighted by Crippen LogP contribution is -2.39. The fourth-order valence-electron chi connectivity index (χ4n) is 2.81. The van der Waals surface area contributed by atoms with Crippen LogP contribution in [-0.2, 0) is 17.8 Å². The van der Waals surface area contributed by atoms with Gasteiger partial charge in [-0.1, -0.05) is 30.7 Å². The van der Waals surface area contributed by atoms with Crippen molar-refractivity contribution in [1.82, 2.24) is 5.32 Å². The van der Waals surface area contributed by atoms with Gasteiger partial charge in [0, 0.05) is 25.1 Å². The topological polar surface area (TPSA) is 75.4 Å². The van der Waals surface area contributed by atoms with Crippen LogP contribution in [0.3, 0.4) is 0 Å². The van der Waals surface area contributed by atoms with Gasteiger partial charge in [0.05, 0.1) is 6.42 Å². The quantitative estimate of drug-likeness (QED) is 0.740. The minimum absolute atomic E-state index is 0.0197. The van der Waals surface area contributed by atoms with Crippen molar-refractivity contribution in [2.24, 2.45) is 11.7 Å². The SMILES string of the molecule is NCc1ccccc1CC(=O)NC1CCCC1CO. The number of hydrogen-bond donors (Lipinski definition) is 3. The summed E-state index contributed by atoms with van der Waals surface area (Å²) in [7, 11) is 0. The van der Waals surface area contributed by atoms with Crippen molar-refractivity contribution >= 4 is 5.91 Å². The number of carbonyl (C=O) groups excluding carboxylic acids is 1. The summed E-state index contributed by atoms with van der Waals surface area (Å²) < 4.78 is 0. The van der Waals surface area contributed by atoms with E-state index in [0.29, 0.717) is 13.0 Å². The van der Waals surface area contributed by atoms with Crippen LogP contribution in [0.15, 0.2) is 24.3 Å². The zero-order chi connectivity index (χ0) is 13.7. The second kappa shape index (κ2) is 6.68. The number of benzene rings is 1. The molecule has 0 aromatic heterocycles. The number of hydrogen-bond acceptors (Lipinski definition) is 3. The summed E-state index contributed by atoms with van der Waals surface area (Å²) >= 11 is 0. The van der Waals surface area contributed by atoms with Crippen LogP contribution in [-0.4, -0.2) is 23.7 Å². The van der Waals surface area contributed by atoms with E-state index >= 15 is 0 Å². The number of amides is 1.